The predicted octanol–water partition coefficient (Wildman–Crippen LogP) is 0.383. The van der Waals surface area contributed by atoms with Gasteiger partial charge in [0.15, 0.2) is 0 Å². The van der Waals surface area contributed by atoms with Gasteiger partial charge in [-0.1, -0.05) is 11.6 Å². The fraction of sp³-hybridized carbons (Fsp3) is 0.300. The van der Waals surface area contributed by atoms with E-state index in [9.17, 15) is 13.2 Å². The summed E-state index contributed by atoms with van der Waals surface area (Å²) >= 11 is 5.78. The summed E-state index contributed by atoms with van der Waals surface area (Å²) in [6.45, 7) is 2.93. The van der Waals surface area contributed by atoms with E-state index in [2.05, 4.69) is 4.72 Å². The monoisotopic (exact) mass is 291 g/mol. The second-order valence-electron chi connectivity index (χ2n) is 3.88. The molecule has 1 rings (SSSR count). The standard InChI is InChI=1S/C10H14ClN3O3S/c1-5-3-7(11)8(12)4-9(5)18(16,17)14-6(2)10(13)15/h3-4,6,14H,12H2,1-2H3,(H2,13,15). The van der Waals surface area contributed by atoms with Gasteiger partial charge in [0.1, 0.15) is 0 Å². The number of aryl methyl sites for hydroxylation is 1. The number of nitrogen functional groups attached to an aromatic ring is 1. The van der Waals surface area contributed by atoms with E-state index in [-0.39, 0.29) is 15.6 Å². The maximum Gasteiger partial charge on any atom is 0.241 e. The number of carbonyl (C=O) groups is 1. The number of carbonyl (C=O) groups excluding carboxylic acids is 1. The topological polar surface area (TPSA) is 115 Å². The third-order valence-electron chi connectivity index (χ3n) is 2.34. The van der Waals surface area contributed by atoms with Crippen molar-refractivity contribution >= 4 is 33.2 Å². The molecule has 0 saturated carbocycles. The zero-order chi connectivity index (χ0) is 14.1. The lowest BCUT2D eigenvalue weighted by Gasteiger charge is -2.13. The molecule has 1 unspecified atom stereocenters. The van der Waals surface area contributed by atoms with E-state index >= 15 is 0 Å². The number of benzene rings is 1. The molecule has 0 aromatic heterocycles. The summed E-state index contributed by atoms with van der Waals surface area (Å²) in [5.74, 6) is -0.766. The highest BCUT2D eigenvalue weighted by Crippen LogP contribution is 2.26. The van der Waals surface area contributed by atoms with Crippen LogP contribution in [0.2, 0.25) is 5.02 Å². The largest absolute Gasteiger partial charge is 0.397 e. The minimum absolute atomic E-state index is 0.0301. The summed E-state index contributed by atoms with van der Waals surface area (Å²) < 4.78 is 26.2. The van der Waals surface area contributed by atoms with Gasteiger partial charge in [-0.3, -0.25) is 4.79 Å². The highest BCUT2D eigenvalue weighted by Gasteiger charge is 2.22. The van der Waals surface area contributed by atoms with Crippen molar-refractivity contribution in [1.29, 1.82) is 0 Å². The van der Waals surface area contributed by atoms with Gasteiger partial charge < -0.3 is 11.5 Å². The molecular weight excluding hydrogens is 278 g/mol. The first-order valence-corrected chi connectivity index (χ1v) is 6.88. The number of anilines is 1. The maximum atomic E-state index is 12.0. The van der Waals surface area contributed by atoms with Gasteiger partial charge in [0.2, 0.25) is 15.9 Å². The minimum atomic E-state index is -3.86. The van der Waals surface area contributed by atoms with Crippen molar-refractivity contribution in [3.05, 3.63) is 22.7 Å². The number of primary amides is 1. The van der Waals surface area contributed by atoms with Crippen LogP contribution < -0.4 is 16.2 Å². The van der Waals surface area contributed by atoms with Crippen molar-refractivity contribution in [2.75, 3.05) is 5.73 Å². The van der Waals surface area contributed by atoms with Crippen LogP contribution in [0, 0.1) is 6.92 Å². The van der Waals surface area contributed by atoms with Gasteiger partial charge in [0.25, 0.3) is 0 Å². The van der Waals surface area contributed by atoms with Crippen LogP contribution in [-0.2, 0) is 14.8 Å². The first-order chi connectivity index (χ1) is 8.15. The van der Waals surface area contributed by atoms with Gasteiger partial charge >= 0.3 is 0 Å². The second kappa shape index (κ2) is 5.13. The van der Waals surface area contributed by atoms with Crippen molar-refractivity contribution in [3.63, 3.8) is 0 Å². The molecule has 0 radical (unpaired) electrons. The number of halogens is 1. The van der Waals surface area contributed by atoms with Crippen LogP contribution in [-0.4, -0.2) is 20.4 Å². The summed E-state index contributed by atoms with van der Waals surface area (Å²) in [4.78, 5) is 10.8. The third kappa shape index (κ3) is 3.12. The van der Waals surface area contributed by atoms with Gasteiger partial charge in [0, 0.05) is 0 Å². The average Bonchev–Trinajstić information content (AvgIpc) is 2.22. The molecule has 1 aromatic carbocycles. The predicted molar refractivity (Wildman–Crippen MR) is 69.6 cm³/mol. The highest BCUT2D eigenvalue weighted by molar-refractivity contribution is 7.89. The molecule has 0 aliphatic carbocycles. The van der Waals surface area contributed by atoms with Crippen LogP contribution >= 0.6 is 11.6 Å². The molecule has 1 atom stereocenters. The normalized spacial score (nSPS) is 13.3. The van der Waals surface area contributed by atoms with E-state index in [0.29, 0.717) is 5.56 Å². The van der Waals surface area contributed by atoms with E-state index in [1.54, 1.807) is 6.92 Å². The lowest BCUT2D eigenvalue weighted by Crippen LogP contribution is -2.42. The molecule has 0 aliphatic heterocycles. The van der Waals surface area contributed by atoms with E-state index in [0.717, 1.165) is 0 Å². The first-order valence-electron chi connectivity index (χ1n) is 5.02. The maximum absolute atomic E-state index is 12.0. The second-order valence-corrected chi connectivity index (χ2v) is 5.97. The van der Waals surface area contributed by atoms with Gasteiger partial charge in [0.05, 0.1) is 21.6 Å². The Balaban J connectivity index is 3.21. The number of sulfonamides is 1. The smallest absolute Gasteiger partial charge is 0.241 e. The number of nitrogens with one attached hydrogen (secondary N) is 1. The Morgan fingerprint density at radius 2 is 2.00 bits per heavy atom. The van der Waals surface area contributed by atoms with Crippen molar-refractivity contribution < 1.29 is 13.2 Å². The molecule has 1 amide bonds. The molecule has 5 N–H and O–H groups in total. The van der Waals surface area contributed by atoms with Crippen molar-refractivity contribution in [3.8, 4) is 0 Å². The summed E-state index contributed by atoms with van der Waals surface area (Å²) in [5, 5.41) is 0.273. The van der Waals surface area contributed by atoms with Gasteiger partial charge in [-0.05, 0) is 31.5 Å². The summed E-state index contributed by atoms with van der Waals surface area (Å²) in [6, 6.07) is 1.68. The molecule has 18 heavy (non-hydrogen) atoms. The SMILES string of the molecule is Cc1cc(Cl)c(N)cc1S(=O)(=O)NC(C)C(N)=O. The molecule has 0 aliphatic rings. The Labute approximate surface area is 110 Å². The zero-order valence-electron chi connectivity index (χ0n) is 9.90. The van der Waals surface area contributed by atoms with Crippen LogP contribution in [0.3, 0.4) is 0 Å². The fourth-order valence-corrected chi connectivity index (χ4v) is 3.00. The number of rotatable bonds is 4. The fourth-order valence-electron chi connectivity index (χ4n) is 1.31. The van der Waals surface area contributed by atoms with Crippen molar-refractivity contribution in [2.45, 2.75) is 24.8 Å². The Morgan fingerprint density at radius 3 is 2.50 bits per heavy atom. The van der Waals surface area contributed by atoms with Gasteiger partial charge in [-0.15, -0.1) is 0 Å². The average molecular weight is 292 g/mol. The molecule has 0 bridgehead atoms. The number of hydrogen-bond donors (Lipinski definition) is 3. The Morgan fingerprint density at radius 1 is 1.44 bits per heavy atom. The van der Waals surface area contributed by atoms with Gasteiger partial charge in [-0.2, -0.15) is 4.72 Å². The van der Waals surface area contributed by atoms with E-state index in [1.807, 2.05) is 0 Å². The Bertz CT molecular complexity index is 586. The summed E-state index contributed by atoms with van der Waals surface area (Å²) in [5.41, 5.74) is 11.1. The van der Waals surface area contributed by atoms with Crippen LogP contribution in [0.15, 0.2) is 17.0 Å². The number of hydrogen-bond acceptors (Lipinski definition) is 4. The van der Waals surface area contributed by atoms with Gasteiger partial charge in [-0.25, -0.2) is 8.42 Å². The van der Waals surface area contributed by atoms with E-state index in [4.69, 9.17) is 23.1 Å². The molecule has 8 heteroatoms. The molecular formula is C10H14ClN3O3S. The van der Waals surface area contributed by atoms with Crippen molar-refractivity contribution in [1.82, 2.24) is 4.72 Å². The lowest BCUT2D eigenvalue weighted by molar-refractivity contribution is -0.119. The molecule has 0 heterocycles. The Kier molecular flexibility index (Phi) is 4.20. The molecule has 0 fully saturated rings. The quantitative estimate of drug-likeness (QED) is 0.696. The summed E-state index contributed by atoms with van der Waals surface area (Å²) in [6.07, 6.45) is 0. The van der Waals surface area contributed by atoms with Crippen LogP contribution in [0.25, 0.3) is 0 Å². The highest BCUT2D eigenvalue weighted by atomic mass is 35.5. The number of amides is 1. The molecule has 6 nitrogen and oxygen atoms in total. The molecule has 1 aromatic rings. The number of nitrogens with two attached hydrogens (primary N) is 2. The van der Waals surface area contributed by atoms with E-state index in [1.165, 1.54) is 19.1 Å². The molecule has 100 valence electrons. The zero-order valence-corrected chi connectivity index (χ0v) is 11.5. The third-order valence-corrected chi connectivity index (χ3v) is 4.35. The van der Waals surface area contributed by atoms with Crippen LogP contribution in [0.4, 0.5) is 5.69 Å². The minimum Gasteiger partial charge on any atom is -0.397 e. The summed E-state index contributed by atoms with van der Waals surface area (Å²) in [7, 11) is -3.86. The Hall–Kier alpha value is -1.31. The first kappa shape index (κ1) is 14.7. The van der Waals surface area contributed by atoms with Crippen LogP contribution in [0.1, 0.15) is 12.5 Å². The lowest BCUT2D eigenvalue weighted by atomic mass is 10.2. The van der Waals surface area contributed by atoms with E-state index < -0.39 is 22.0 Å². The molecule has 0 spiro atoms. The molecule has 0 saturated heterocycles. The van der Waals surface area contributed by atoms with Crippen molar-refractivity contribution in [2.24, 2.45) is 5.73 Å². The van der Waals surface area contributed by atoms with Crippen LogP contribution in [0.5, 0.6) is 0 Å².